The fourth-order valence-corrected chi connectivity index (χ4v) is 3.15. The molecule has 0 saturated carbocycles. The van der Waals surface area contributed by atoms with Gasteiger partial charge in [0.2, 0.25) is 0 Å². The molecule has 3 nitrogen and oxygen atoms in total. The molecule has 0 saturated heterocycles. The third kappa shape index (κ3) is 10.5. The average Bonchev–Trinajstić information content (AvgIpc) is 2.99. The lowest BCUT2D eigenvalue weighted by Crippen LogP contribution is -2.30. The summed E-state index contributed by atoms with van der Waals surface area (Å²) in [6, 6.07) is 0. The zero-order valence-electron chi connectivity index (χ0n) is 15.3. The Kier molecular flexibility index (Phi) is 13.0. The monoisotopic (exact) mass is 322 g/mol. The van der Waals surface area contributed by atoms with E-state index in [1.807, 2.05) is 0 Å². The highest BCUT2D eigenvalue weighted by atomic mass is 16.3. The minimum absolute atomic E-state index is 0.230. The van der Waals surface area contributed by atoms with Crippen LogP contribution in [0.1, 0.15) is 84.0 Å². The molecule has 0 aromatic heterocycles. The molecule has 1 N–H and O–H groups in total. The molecule has 23 heavy (non-hydrogen) atoms. The summed E-state index contributed by atoms with van der Waals surface area (Å²) in [7, 11) is 0. The van der Waals surface area contributed by atoms with Gasteiger partial charge in [0.1, 0.15) is 0 Å². The third-order valence-electron chi connectivity index (χ3n) is 4.57. The van der Waals surface area contributed by atoms with Gasteiger partial charge in [0.25, 0.3) is 0 Å². The lowest BCUT2D eigenvalue weighted by atomic mass is 10.1. The summed E-state index contributed by atoms with van der Waals surface area (Å²) in [5, 5.41) is 9.02. The third-order valence-corrected chi connectivity index (χ3v) is 4.57. The van der Waals surface area contributed by atoms with Gasteiger partial charge in [-0.05, 0) is 19.3 Å². The number of aliphatic hydroxyl groups excluding tert-OH is 1. The number of amidine groups is 1. The molecular weight excluding hydrogens is 284 g/mol. The van der Waals surface area contributed by atoms with Crippen molar-refractivity contribution in [2.75, 3.05) is 26.2 Å². The Hall–Kier alpha value is -0.830. The molecular formula is C20H38N2O. The van der Waals surface area contributed by atoms with Gasteiger partial charge in [-0.1, -0.05) is 70.4 Å². The van der Waals surface area contributed by atoms with Crippen LogP contribution in [0.15, 0.2) is 17.1 Å². The molecule has 1 aliphatic heterocycles. The quantitative estimate of drug-likeness (QED) is 0.342. The number of hydrogen-bond acceptors (Lipinski definition) is 3. The Bertz CT molecular complexity index is 326. The van der Waals surface area contributed by atoms with Gasteiger partial charge in [-0.3, -0.25) is 4.99 Å². The lowest BCUT2D eigenvalue weighted by molar-refractivity contribution is 0.255. The van der Waals surface area contributed by atoms with Crippen molar-refractivity contribution in [3.63, 3.8) is 0 Å². The number of unbranched alkanes of at least 4 members (excludes halogenated alkanes) is 9. The van der Waals surface area contributed by atoms with Gasteiger partial charge in [0.15, 0.2) is 0 Å². The van der Waals surface area contributed by atoms with Crippen LogP contribution < -0.4 is 0 Å². The Morgan fingerprint density at radius 1 is 0.957 bits per heavy atom. The highest BCUT2D eigenvalue weighted by Gasteiger charge is 2.14. The summed E-state index contributed by atoms with van der Waals surface area (Å²) in [6.45, 7) is 5.13. The maximum Gasteiger partial charge on any atom is 0.0994 e. The summed E-state index contributed by atoms with van der Waals surface area (Å²) in [5.74, 6) is 1.19. The normalized spacial score (nSPS) is 14.9. The highest BCUT2D eigenvalue weighted by Crippen LogP contribution is 2.11. The van der Waals surface area contributed by atoms with Crippen LogP contribution in [0.25, 0.3) is 0 Å². The largest absolute Gasteiger partial charge is 0.395 e. The molecule has 1 rings (SSSR count). The number of aliphatic hydroxyl groups is 1. The van der Waals surface area contributed by atoms with E-state index in [9.17, 15) is 0 Å². The van der Waals surface area contributed by atoms with Crippen molar-refractivity contribution in [1.29, 1.82) is 0 Å². The van der Waals surface area contributed by atoms with Crippen LogP contribution in [0.3, 0.4) is 0 Å². The van der Waals surface area contributed by atoms with Crippen LogP contribution in [-0.4, -0.2) is 42.1 Å². The van der Waals surface area contributed by atoms with Crippen molar-refractivity contribution >= 4 is 5.84 Å². The van der Waals surface area contributed by atoms with Crippen molar-refractivity contribution in [1.82, 2.24) is 4.90 Å². The molecule has 0 amide bonds. The molecule has 0 radical (unpaired) electrons. The zero-order valence-corrected chi connectivity index (χ0v) is 15.3. The van der Waals surface area contributed by atoms with E-state index in [1.165, 1.54) is 70.0 Å². The van der Waals surface area contributed by atoms with Crippen molar-refractivity contribution in [2.45, 2.75) is 84.0 Å². The van der Waals surface area contributed by atoms with Gasteiger partial charge in [-0.2, -0.15) is 0 Å². The van der Waals surface area contributed by atoms with Gasteiger partial charge in [0, 0.05) is 19.5 Å². The van der Waals surface area contributed by atoms with Crippen LogP contribution in [0, 0.1) is 0 Å². The molecule has 0 aromatic rings. The Balaban J connectivity index is 1.87. The Labute approximate surface area is 143 Å². The number of nitrogens with zero attached hydrogens (tertiary/aromatic N) is 2. The number of aliphatic imine (C=N–C) groups is 1. The first-order valence-electron chi connectivity index (χ1n) is 9.92. The van der Waals surface area contributed by atoms with E-state index in [4.69, 9.17) is 5.11 Å². The van der Waals surface area contributed by atoms with Gasteiger partial charge < -0.3 is 10.0 Å². The zero-order chi connectivity index (χ0) is 16.6. The van der Waals surface area contributed by atoms with Crippen LogP contribution >= 0.6 is 0 Å². The van der Waals surface area contributed by atoms with E-state index in [-0.39, 0.29) is 6.61 Å². The van der Waals surface area contributed by atoms with Crippen LogP contribution in [-0.2, 0) is 0 Å². The van der Waals surface area contributed by atoms with E-state index in [0.717, 1.165) is 32.5 Å². The number of allylic oxidation sites excluding steroid dienone is 2. The summed E-state index contributed by atoms with van der Waals surface area (Å²) in [5.41, 5.74) is 0. The fourth-order valence-electron chi connectivity index (χ4n) is 3.15. The van der Waals surface area contributed by atoms with Crippen LogP contribution in [0.2, 0.25) is 0 Å². The molecule has 0 fully saturated rings. The van der Waals surface area contributed by atoms with Gasteiger partial charge in [0.05, 0.1) is 19.0 Å². The Morgan fingerprint density at radius 2 is 1.61 bits per heavy atom. The van der Waals surface area contributed by atoms with Crippen molar-refractivity contribution in [3.05, 3.63) is 12.2 Å². The summed E-state index contributed by atoms with van der Waals surface area (Å²) >= 11 is 0. The highest BCUT2D eigenvalue weighted by molar-refractivity contribution is 5.83. The summed E-state index contributed by atoms with van der Waals surface area (Å²) in [6.07, 6.45) is 20.6. The van der Waals surface area contributed by atoms with E-state index < -0.39 is 0 Å². The predicted octanol–water partition coefficient (Wildman–Crippen LogP) is 4.95. The first-order chi connectivity index (χ1) is 11.4. The van der Waals surface area contributed by atoms with Crippen LogP contribution in [0.4, 0.5) is 0 Å². The molecule has 1 heterocycles. The van der Waals surface area contributed by atoms with Gasteiger partial charge in [-0.15, -0.1) is 0 Å². The second-order valence-corrected chi connectivity index (χ2v) is 6.64. The fraction of sp³-hybridized carbons (Fsp3) is 0.850. The van der Waals surface area contributed by atoms with Crippen LogP contribution in [0.5, 0.6) is 0 Å². The van der Waals surface area contributed by atoms with E-state index in [2.05, 4.69) is 29.0 Å². The van der Waals surface area contributed by atoms with Gasteiger partial charge in [-0.25, -0.2) is 0 Å². The molecule has 134 valence electrons. The SMILES string of the molecule is CCCCCCCCCCC/C=C/CCC1=NCCN1CCO. The number of hydrogen-bond donors (Lipinski definition) is 1. The molecule has 1 aliphatic rings. The summed E-state index contributed by atoms with van der Waals surface area (Å²) in [4.78, 5) is 6.74. The first-order valence-corrected chi connectivity index (χ1v) is 9.92. The molecule has 3 heteroatoms. The second kappa shape index (κ2) is 14.7. The second-order valence-electron chi connectivity index (χ2n) is 6.64. The minimum atomic E-state index is 0.230. The van der Waals surface area contributed by atoms with E-state index in [0.29, 0.717) is 0 Å². The lowest BCUT2D eigenvalue weighted by Gasteiger charge is -2.18. The maximum atomic E-state index is 9.02. The number of rotatable bonds is 15. The number of β-amino-alcohol motifs (C(OH)–C–C–N with tert-alkyl or cyclic N) is 1. The van der Waals surface area contributed by atoms with E-state index >= 15 is 0 Å². The van der Waals surface area contributed by atoms with Crippen molar-refractivity contribution < 1.29 is 5.11 Å². The topological polar surface area (TPSA) is 35.8 Å². The average molecular weight is 323 g/mol. The molecule has 0 unspecified atom stereocenters. The molecule has 0 atom stereocenters. The molecule has 0 aromatic carbocycles. The van der Waals surface area contributed by atoms with E-state index in [1.54, 1.807) is 0 Å². The maximum absolute atomic E-state index is 9.02. The van der Waals surface area contributed by atoms with Crippen molar-refractivity contribution in [3.8, 4) is 0 Å². The molecule has 0 spiro atoms. The van der Waals surface area contributed by atoms with Crippen molar-refractivity contribution in [2.24, 2.45) is 4.99 Å². The summed E-state index contributed by atoms with van der Waals surface area (Å²) < 4.78 is 0. The predicted molar refractivity (Wildman–Crippen MR) is 101 cm³/mol. The minimum Gasteiger partial charge on any atom is -0.395 e. The standard InChI is InChI=1S/C20H38N2O/c1-2-3-4-5-6-7-8-9-10-11-12-13-14-15-20-21-16-17-22(20)18-19-23/h12-13,23H,2-11,14-19H2,1H3/b13-12+. The Morgan fingerprint density at radius 3 is 2.30 bits per heavy atom. The molecule has 0 bridgehead atoms. The molecule has 0 aliphatic carbocycles. The first kappa shape index (κ1) is 20.2. The van der Waals surface area contributed by atoms with Gasteiger partial charge >= 0.3 is 0 Å². The smallest absolute Gasteiger partial charge is 0.0994 e.